The van der Waals surface area contributed by atoms with E-state index in [9.17, 15) is 0 Å². The Hall–Kier alpha value is -0.510. The number of nitrogens with one attached hydrogen (secondary N) is 1. The molecule has 0 radical (unpaired) electrons. The summed E-state index contributed by atoms with van der Waals surface area (Å²) in [5, 5.41) is 16.8. The first-order chi connectivity index (χ1) is 10.1. The van der Waals surface area contributed by atoms with Gasteiger partial charge in [0.05, 0.1) is 12.0 Å². The molecule has 0 spiro atoms. The van der Waals surface area contributed by atoms with Crippen molar-refractivity contribution in [2.75, 3.05) is 13.9 Å². The molecular formula is C14H21Cl3N2O3. The minimum atomic E-state index is -1.96. The summed E-state index contributed by atoms with van der Waals surface area (Å²) in [6, 6.07) is 2.10. The number of alkyl halides is 3. The average Bonchev–Trinajstić information content (AvgIpc) is 2.42. The molecule has 126 valence electrons. The molecular weight excluding hydrogens is 351 g/mol. The lowest BCUT2D eigenvalue weighted by Gasteiger charge is -2.31. The molecule has 5 nitrogen and oxygen atoms in total. The summed E-state index contributed by atoms with van der Waals surface area (Å²) >= 11 is 16.9. The van der Waals surface area contributed by atoms with Crippen LogP contribution >= 0.6 is 34.8 Å². The number of nitriles is 1. The van der Waals surface area contributed by atoms with Crippen LogP contribution in [-0.2, 0) is 14.2 Å². The minimum absolute atomic E-state index is 0.00241. The van der Waals surface area contributed by atoms with E-state index in [4.69, 9.17) is 59.7 Å². The molecule has 0 bridgehead atoms. The molecule has 1 N–H and O–H groups in total. The van der Waals surface area contributed by atoms with Crippen molar-refractivity contribution < 1.29 is 14.2 Å². The van der Waals surface area contributed by atoms with Gasteiger partial charge in [0.2, 0.25) is 5.90 Å². The number of methoxy groups -OCH3 is 1. The average molecular weight is 372 g/mol. The van der Waals surface area contributed by atoms with E-state index in [0.717, 1.165) is 0 Å². The molecule has 0 saturated carbocycles. The van der Waals surface area contributed by atoms with Gasteiger partial charge in [0.1, 0.15) is 19.0 Å². The van der Waals surface area contributed by atoms with Gasteiger partial charge in [-0.25, -0.2) is 0 Å². The smallest absolute Gasteiger partial charge is 0.265 e. The molecule has 0 saturated heterocycles. The van der Waals surface area contributed by atoms with Gasteiger partial charge in [-0.15, -0.1) is 0 Å². The second-order valence-corrected chi connectivity index (χ2v) is 7.38. The van der Waals surface area contributed by atoms with E-state index in [1.54, 1.807) is 6.92 Å². The van der Waals surface area contributed by atoms with Gasteiger partial charge in [0.25, 0.3) is 3.79 Å². The maximum atomic E-state index is 9.13. The van der Waals surface area contributed by atoms with Gasteiger partial charge in [-0.05, 0) is 18.4 Å². The molecule has 0 aliphatic heterocycles. The summed E-state index contributed by atoms with van der Waals surface area (Å²) in [7, 11) is 1.48. The quantitative estimate of drug-likeness (QED) is 0.229. The third-order valence-corrected chi connectivity index (χ3v) is 3.38. The Morgan fingerprint density at radius 3 is 2.18 bits per heavy atom. The van der Waals surface area contributed by atoms with Crippen LogP contribution in [0.5, 0.6) is 0 Å². The zero-order valence-electron chi connectivity index (χ0n) is 13.0. The topological polar surface area (TPSA) is 75.3 Å². The van der Waals surface area contributed by atoms with Crippen LogP contribution in [0.2, 0.25) is 0 Å². The van der Waals surface area contributed by atoms with Gasteiger partial charge in [-0.1, -0.05) is 55.2 Å². The fraction of sp³-hybridized carbons (Fsp3) is 0.714. The van der Waals surface area contributed by atoms with Crippen LogP contribution in [0.1, 0.15) is 20.8 Å². The largest absolute Gasteiger partial charge is 0.470 e. The van der Waals surface area contributed by atoms with Crippen LogP contribution in [-0.4, -0.2) is 35.8 Å². The summed E-state index contributed by atoms with van der Waals surface area (Å²) in [6.07, 6.45) is -1.26. The molecule has 0 rings (SSSR count). The maximum Gasteiger partial charge on any atom is 0.265 e. The lowest BCUT2D eigenvalue weighted by molar-refractivity contribution is -0.0747. The molecule has 0 aromatic carbocycles. The third-order valence-electron chi connectivity index (χ3n) is 2.86. The van der Waals surface area contributed by atoms with Crippen molar-refractivity contribution in [1.82, 2.24) is 0 Å². The standard InChI is InChI=1S/C14H21Cl3N2O3/c1-8(2)11(22-13(19)14(15,16)17)10(4)12(9(3)6-18)21-7-20-5/h8-9,11-12,19H,4,7H2,1-3,5H3/t9-,11?,12-/m0/s1. The Morgan fingerprint density at radius 1 is 1.27 bits per heavy atom. The molecule has 0 aliphatic rings. The van der Waals surface area contributed by atoms with Crippen molar-refractivity contribution in [3.05, 3.63) is 12.2 Å². The van der Waals surface area contributed by atoms with Crippen molar-refractivity contribution in [3.8, 4) is 6.07 Å². The van der Waals surface area contributed by atoms with E-state index in [1.807, 2.05) is 13.8 Å². The van der Waals surface area contributed by atoms with Gasteiger partial charge in [0, 0.05) is 7.11 Å². The lowest BCUT2D eigenvalue weighted by atomic mass is 9.90. The Bertz CT molecular complexity index is 430. The van der Waals surface area contributed by atoms with Crippen molar-refractivity contribution in [2.45, 2.75) is 36.8 Å². The monoisotopic (exact) mass is 370 g/mol. The molecule has 22 heavy (non-hydrogen) atoms. The van der Waals surface area contributed by atoms with E-state index in [2.05, 4.69) is 12.6 Å². The third kappa shape index (κ3) is 6.72. The summed E-state index contributed by atoms with van der Waals surface area (Å²) in [5.74, 6) is -1.05. The first-order valence-electron chi connectivity index (χ1n) is 6.57. The van der Waals surface area contributed by atoms with Crippen LogP contribution in [0.15, 0.2) is 12.2 Å². The van der Waals surface area contributed by atoms with Crippen LogP contribution in [0.3, 0.4) is 0 Å². The second-order valence-electron chi connectivity index (χ2n) is 5.10. The maximum absolute atomic E-state index is 9.13. The normalized spacial score (nSPS) is 15.8. The number of hydrogen-bond acceptors (Lipinski definition) is 5. The van der Waals surface area contributed by atoms with E-state index in [0.29, 0.717) is 5.57 Å². The van der Waals surface area contributed by atoms with Gasteiger partial charge >= 0.3 is 0 Å². The summed E-state index contributed by atoms with van der Waals surface area (Å²) < 4.78 is 13.9. The SMILES string of the molecule is C=C(C(OC(=N)C(Cl)(Cl)Cl)C(C)C)[C@@H](OCOC)[C@@H](C)C#N. The van der Waals surface area contributed by atoms with Crippen LogP contribution in [0.25, 0.3) is 0 Å². The Kier molecular flexibility index (Phi) is 9.37. The highest BCUT2D eigenvalue weighted by Gasteiger charge is 2.35. The first kappa shape index (κ1) is 21.5. The van der Waals surface area contributed by atoms with Gasteiger partial charge in [-0.3, -0.25) is 5.41 Å². The van der Waals surface area contributed by atoms with Crippen LogP contribution in [0, 0.1) is 28.6 Å². The van der Waals surface area contributed by atoms with Crippen LogP contribution < -0.4 is 0 Å². The van der Waals surface area contributed by atoms with E-state index < -0.39 is 27.8 Å². The molecule has 0 aromatic rings. The zero-order valence-corrected chi connectivity index (χ0v) is 15.3. The highest BCUT2D eigenvalue weighted by Crippen LogP contribution is 2.31. The number of halogens is 3. The molecule has 1 unspecified atom stereocenters. The fourth-order valence-corrected chi connectivity index (χ4v) is 1.91. The van der Waals surface area contributed by atoms with Crippen LogP contribution in [0.4, 0.5) is 0 Å². The highest BCUT2D eigenvalue weighted by molar-refractivity contribution is 6.76. The van der Waals surface area contributed by atoms with E-state index in [1.165, 1.54) is 7.11 Å². The molecule has 3 atom stereocenters. The molecule has 0 aromatic heterocycles. The number of ether oxygens (including phenoxy) is 3. The van der Waals surface area contributed by atoms with E-state index in [-0.39, 0.29) is 12.7 Å². The van der Waals surface area contributed by atoms with Crippen molar-refractivity contribution >= 4 is 40.7 Å². The Balaban J connectivity index is 5.24. The molecule has 0 heterocycles. The van der Waals surface area contributed by atoms with Gasteiger partial charge < -0.3 is 14.2 Å². The predicted octanol–water partition coefficient (Wildman–Crippen LogP) is 4.08. The summed E-state index contributed by atoms with van der Waals surface area (Å²) in [4.78, 5) is 0. The summed E-state index contributed by atoms with van der Waals surface area (Å²) in [5.41, 5.74) is 0.486. The van der Waals surface area contributed by atoms with Crippen molar-refractivity contribution in [3.63, 3.8) is 0 Å². The Morgan fingerprint density at radius 2 is 1.82 bits per heavy atom. The Labute approximate surface area is 146 Å². The highest BCUT2D eigenvalue weighted by atomic mass is 35.6. The predicted molar refractivity (Wildman–Crippen MR) is 88.4 cm³/mol. The number of rotatable bonds is 8. The minimum Gasteiger partial charge on any atom is -0.470 e. The number of hydrogen-bond donors (Lipinski definition) is 1. The molecule has 0 amide bonds. The zero-order chi connectivity index (χ0) is 17.5. The van der Waals surface area contributed by atoms with Gasteiger partial charge in [0.15, 0.2) is 0 Å². The van der Waals surface area contributed by atoms with Gasteiger partial charge in [-0.2, -0.15) is 5.26 Å². The molecule has 0 aliphatic carbocycles. The van der Waals surface area contributed by atoms with Crippen molar-refractivity contribution in [2.24, 2.45) is 11.8 Å². The lowest BCUT2D eigenvalue weighted by Crippen LogP contribution is -2.37. The van der Waals surface area contributed by atoms with Crippen molar-refractivity contribution in [1.29, 1.82) is 10.7 Å². The fourth-order valence-electron chi connectivity index (χ4n) is 1.78. The second kappa shape index (κ2) is 9.59. The first-order valence-corrected chi connectivity index (χ1v) is 7.70. The molecule has 8 heteroatoms. The summed E-state index contributed by atoms with van der Waals surface area (Å²) in [6.45, 7) is 9.39. The van der Waals surface area contributed by atoms with E-state index >= 15 is 0 Å². The molecule has 0 fully saturated rings. The number of nitrogens with zero attached hydrogens (tertiary/aromatic N) is 1.